The average molecular weight is 437 g/mol. The highest BCUT2D eigenvalue weighted by Gasteiger charge is 2.28. The van der Waals surface area contributed by atoms with Crippen LogP contribution in [-0.4, -0.2) is 48.9 Å². The highest BCUT2D eigenvalue weighted by atomic mass is 19.1. The summed E-state index contributed by atoms with van der Waals surface area (Å²) >= 11 is 0. The normalized spacial score (nSPS) is 26.9. The minimum absolute atomic E-state index is 0.108. The third-order valence-corrected chi connectivity index (χ3v) is 7.76. The molecule has 0 radical (unpaired) electrons. The summed E-state index contributed by atoms with van der Waals surface area (Å²) in [6, 6.07) is 5.31. The maximum atomic E-state index is 14.4. The molecule has 172 valence electrons. The van der Waals surface area contributed by atoms with Gasteiger partial charge in [0.2, 0.25) is 0 Å². The fourth-order valence-corrected chi connectivity index (χ4v) is 5.64. The van der Waals surface area contributed by atoms with Crippen molar-refractivity contribution in [1.29, 1.82) is 0 Å². The van der Waals surface area contributed by atoms with Crippen molar-refractivity contribution in [3.63, 3.8) is 0 Å². The maximum absolute atomic E-state index is 14.4. The van der Waals surface area contributed by atoms with Gasteiger partial charge in [0.15, 0.2) is 0 Å². The molecule has 2 heterocycles. The van der Waals surface area contributed by atoms with E-state index < -0.39 is 0 Å². The van der Waals surface area contributed by atoms with Gasteiger partial charge in [-0.1, -0.05) is 35.4 Å². The Balaban J connectivity index is 1.40. The van der Waals surface area contributed by atoms with Crippen LogP contribution < -0.4 is 0 Å². The molecule has 3 nitrogen and oxygen atoms in total. The summed E-state index contributed by atoms with van der Waals surface area (Å²) in [6.45, 7) is 7.83. The molecule has 1 amide bonds. The van der Waals surface area contributed by atoms with Gasteiger partial charge in [-0.3, -0.25) is 4.79 Å². The zero-order valence-electron chi connectivity index (χ0n) is 19.9. The van der Waals surface area contributed by atoms with E-state index in [4.69, 9.17) is 0 Å². The molecule has 0 N–H and O–H groups in total. The van der Waals surface area contributed by atoms with Gasteiger partial charge in [-0.25, -0.2) is 4.39 Å². The second-order valence-corrected chi connectivity index (χ2v) is 9.91. The van der Waals surface area contributed by atoms with E-state index in [1.54, 1.807) is 17.7 Å². The SMILES string of the molecule is C\C1=C(C(=O)N2CCC(c3c(C)cccc3F)CC2)/C=C\C=C(\C2CCN(C)CC2)CC1. The van der Waals surface area contributed by atoms with Crippen LogP contribution in [-0.2, 0) is 4.79 Å². The molecule has 32 heavy (non-hydrogen) atoms. The molecule has 4 heteroatoms. The summed E-state index contributed by atoms with van der Waals surface area (Å²) in [6.07, 6.45) is 12.5. The first-order chi connectivity index (χ1) is 15.4. The van der Waals surface area contributed by atoms with Crippen LogP contribution in [0.1, 0.15) is 62.5 Å². The number of piperidine rings is 2. The number of likely N-dealkylation sites (tertiary alicyclic amines) is 2. The highest BCUT2D eigenvalue weighted by Crippen LogP contribution is 2.34. The number of hydrogen-bond acceptors (Lipinski definition) is 2. The van der Waals surface area contributed by atoms with Gasteiger partial charge in [-0.15, -0.1) is 0 Å². The van der Waals surface area contributed by atoms with Crippen molar-refractivity contribution in [3.05, 3.63) is 70.1 Å². The molecular weight excluding hydrogens is 399 g/mol. The first-order valence-corrected chi connectivity index (χ1v) is 12.2. The van der Waals surface area contributed by atoms with Crippen LogP contribution in [0.15, 0.2) is 53.1 Å². The molecule has 2 aliphatic heterocycles. The lowest BCUT2D eigenvalue weighted by Crippen LogP contribution is -2.39. The van der Waals surface area contributed by atoms with Crippen molar-refractivity contribution in [3.8, 4) is 0 Å². The Labute approximate surface area is 192 Å². The van der Waals surface area contributed by atoms with E-state index in [9.17, 15) is 9.18 Å². The molecule has 0 unspecified atom stereocenters. The summed E-state index contributed by atoms with van der Waals surface area (Å²) in [4.78, 5) is 17.7. The molecular formula is C28H37FN2O. The summed E-state index contributed by atoms with van der Waals surface area (Å²) in [7, 11) is 2.20. The first kappa shape index (κ1) is 23.0. The van der Waals surface area contributed by atoms with Crippen LogP contribution >= 0.6 is 0 Å². The predicted octanol–water partition coefficient (Wildman–Crippen LogP) is 5.77. The number of carbonyl (C=O) groups is 1. The van der Waals surface area contributed by atoms with E-state index >= 15 is 0 Å². The number of hydrogen-bond donors (Lipinski definition) is 0. The molecule has 2 fully saturated rings. The van der Waals surface area contributed by atoms with E-state index in [0.29, 0.717) is 19.0 Å². The second-order valence-electron chi connectivity index (χ2n) is 9.91. The van der Waals surface area contributed by atoms with E-state index in [2.05, 4.69) is 31.0 Å². The average Bonchev–Trinajstić information content (AvgIpc) is 2.78. The highest BCUT2D eigenvalue weighted by molar-refractivity contribution is 5.97. The monoisotopic (exact) mass is 436 g/mol. The number of amides is 1. The largest absolute Gasteiger partial charge is 0.339 e. The van der Waals surface area contributed by atoms with Crippen LogP contribution in [0.4, 0.5) is 4.39 Å². The van der Waals surface area contributed by atoms with Crippen LogP contribution in [0.25, 0.3) is 0 Å². The molecule has 1 aromatic rings. The van der Waals surface area contributed by atoms with E-state index in [0.717, 1.165) is 42.4 Å². The minimum atomic E-state index is -0.108. The van der Waals surface area contributed by atoms with Gasteiger partial charge in [0.05, 0.1) is 0 Å². The van der Waals surface area contributed by atoms with Gasteiger partial charge >= 0.3 is 0 Å². The molecule has 0 saturated carbocycles. The lowest BCUT2D eigenvalue weighted by Gasteiger charge is -2.34. The maximum Gasteiger partial charge on any atom is 0.253 e. The first-order valence-electron chi connectivity index (χ1n) is 12.2. The van der Waals surface area contributed by atoms with Crippen molar-refractivity contribution >= 4 is 5.91 Å². The molecule has 0 atom stereocenters. The van der Waals surface area contributed by atoms with Crippen LogP contribution in [0.2, 0.25) is 0 Å². The number of halogens is 1. The molecule has 0 bridgehead atoms. The Morgan fingerprint density at radius 2 is 1.66 bits per heavy atom. The standard InChI is InChI=1S/C28H37FN2O/c1-20-10-11-22(23-12-16-30(3)17-13-23)7-5-8-25(20)28(32)31-18-14-24(15-19-31)27-21(2)6-4-9-26(27)29/h4-9,23-24H,10-19H2,1-3H3/b8-5-,22-7+,25-20-. The van der Waals surface area contributed by atoms with Crippen molar-refractivity contribution in [2.45, 2.75) is 58.3 Å². The topological polar surface area (TPSA) is 23.6 Å². The van der Waals surface area contributed by atoms with E-state index in [1.807, 2.05) is 24.0 Å². The third-order valence-electron chi connectivity index (χ3n) is 7.76. The molecule has 0 aromatic heterocycles. The zero-order chi connectivity index (χ0) is 22.7. The Morgan fingerprint density at radius 3 is 2.34 bits per heavy atom. The predicted molar refractivity (Wildman–Crippen MR) is 129 cm³/mol. The van der Waals surface area contributed by atoms with Gasteiger partial charge in [0.1, 0.15) is 5.82 Å². The molecule has 3 aliphatic rings. The Kier molecular flexibility index (Phi) is 7.30. The molecule has 4 rings (SSSR count). The molecule has 1 aromatic carbocycles. The van der Waals surface area contributed by atoms with Crippen molar-refractivity contribution in [1.82, 2.24) is 9.80 Å². The zero-order valence-corrected chi connectivity index (χ0v) is 19.9. The van der Waals surface area contributed by atoms with Gasteiger partial charge < -0.3 is 9.80 Å². The van der Waals surface area contributed by atoms with E-state index in [-0.39, 0.29) is 17.6 Å². The number of carbonyl (C=O) groups excluding carboxylic acids is 1. The lowest BCUT2D eigenvalue weighted by molar-refractivity contribution is -0.127. The fraction of sp³-hybridized carbons (Fsp3) is 0.536. The Bertz CT molecular complexity index is 909. The van der Waals surface area contributed by atoms with Crippen LogP contribution in [0.3, 0.4) is 0 Å². The van der Waals surface area contributed by atoms with Gasteiger partial charge in [-0.05, 0) is 108 Å². The lowest BCUT2D eigenvalue weighted by atomic mass is 9.84. The molecule has 1 aliphatic carbocycles. The van der Waals surface area contributed by atoms with Gasteiger partial charge in [-0.2, -0.15) is 0 Å². The quantitative estimate of drug-likeness (QED) is 0.600. The third kappa shape index (κ3) is 5.06. The van der Waals surface area contributed by atoms with Crippen molar-refractivity contribution in [2.75, 3.05) is 33.2 Å². The number of allylic oxidation sites excluding steroid dienone is 4. The Morgan fingerprint density at radius 1 is 0.969 bits per heavy atom. The minimum Gasteiger partial charge on any atom is -0.339 e. The van der Waals surface area contributed by atoms with Crippen molar-refractivity contribution < 1.29 is 9.18 Å². The second kappa shape index (κ2) is 10.2. The van der Waals surface area contributed by atoms with Crippen molar-refractivity contribution in [2.24, 2.45) is 5.92 Å². The van der Waals surface area contributed by atoms with Gasteiger partial charge in [0.25, 0.3) is 5.91 Å². The van der Waals surface area contributed by atoms with E-state index in [1.165, 1.54) is 31.5 Å². The number of nitrogens with zero attached hydrogens (tertiary/aromatic N) is 2. The number of benzene rings is 1. The molecule has 2 saturated heterocycles. The summed E-state index contributed by atoms with van der Waals surface area (Å²) in [5, 5.41) is 0. The summed E-state index contributed by atoms with van der Waals surface area (Å²) in [5.41, 5.74) is 5.44. The Hall–Kier alpha value is -2.20. The smallest absolute Gasteiger partial charge is 0.253 e. The fourth-order valence-electron chi connectivity index (χ4n) is 5.64. The molecule has 0 spiro atoms. The van der Waals surface area contributed by atoms with Crippen LogP contribution in [0.5, 0.6) is 0 Å². The van der Waals surface area contributed by atoms with Crippen LogP contribution in [0, 0.1) is 18.7 Å². The number of rotatable bonds is 3. The summed E-state index contributed by atoms with van der Waals surface area (Å²) in [5.74, 6) is 0.909. The van der Waals surface area contributed by atoms with Gasteiger partial charge in [0, 0.05) is 18.7 Å². The number of aryl methyl sites for hydroxylation is 1. The summed E-state index contributed by atoms with van der Waals surface area (Å²) < 4.78 is 14.4.